The van der Waals surface area contributed by atoms with E-state index in [-0.39, 0.29) is 0 Å². The molecular weight excluding hydrogens is 1140 g/mol. The average molecular weight is 1200 g/mol. The fourth-order valence-corrected chi connectivity index (χ4v) is 15.4. The quantitative estimate of drug-likeness (QED) is 0.130. The summed E-state index contributed by atoms with van der Waals surface area (Å²) in [4.78, 5) is 0. The lowest BCUT2D eigenvalue weighted by molar-refractivity contribution is 1.05. The second-order valence-electron chi connectivity index (χ2n) is 25.1. The molecule has 0 saturated heterocycles. The van der Waals surface area contributed by atoms with Crippen LogP contribution in [0.5, 0.6) is 0 Å². The first kappa shape index (κ1) is 53.6. The molecule has 4 aromatic heterocycles. The zero-order chi connectivity index (χ0) is 61.8. The van der Waals surface area contributed by atoms with Gasteiger partial charge in [0.2, 0.25) is 0 Å². The van der Waals surface area contributed by atoms with Gasteiger partial charge in [-0.1, -0.05) is 206 Å². The molecule has 440 valence electrons. The molecule has 14 aromatic carbocycles. The van der Waals surface area contributed by atoms with Gasteiger partial charge in [-0.2, -0.15) is 0 Å². The number of para-hydroxylation sites is 4. The third kappa shape index (κ3) is 8.75. The molecule has 0 spiro atoms. The highest BCUT2D eigenvalue weighted by Crippen LogP contribution is 2.44. The van der Waals surface area contributed by atoms with E-state index in [0.29, 0.717) is 0 Å². The summed E-state index contributed by atoms with van der Waals surface area (Å²) in [7, 11) is 0. The lowest BCUT2D eigenvalue weighted by Crippen LogP contribution is -1.98. The van der Waals surface area contributed by atoms with Gasteiger partial charge in [-0.05, 0) is 213 Å². The van der Waals surface area contributed by atoms with Crippen molar-refractivity contribution in [3.63, 3.8) is 0 Å². The van der Waals surface area contributed by atoms with Gasteiger partial charge in [0.05, 0.1) is 44.1 Å². The topological polar surface area (TPSA) is 19.7 Å². The van der Waals surface area contributed by atoms with Crippen LogP contribution in [0.15, 0.2) is 340 Å². The number of fused-ring (bicyclic) bond motifs is 12. The molecule has 0 N–H and O–H groups in total. The van der Waals surface area contributed by atoms with Gasteiger partial charge in [0, 0.05) is 65.8 Å². The van der Waals surface area contributed by atoms with Gasteiger partial charge in [-0.15, -0.1) is 0 Å². The van der Waals surface area contributed by atoms with Crippen molar-refractivity contribution >= 4 is 92.8 Å². The van der Waals surface area contributed by atoms with Crippen molar-refractivity contribution in [2.45, 2.75) is 12.8 Å². The minimum absolute atomic E-state index is 0.982. The Morgan fingerprint density at radius 2 is 0.500 bits per heavy atom. The molecule has 4 nitrogen and oxygen atoms in total. The fraction of sp³-hybridized carbons (Fsp3) is 0.0222. The monoisotopic (exact) mass is 1200 g/mol. The third-order valence-electron chi connectivity index (χ3n) is 19.8. The smallest absolute Gasteiger partial charge is 0.0541 e. The first-order valence-electron chi connectivity index (χ1n) is 32.7. The maximum atomic E-state index is 2.50. The van der Waals surface area contributed by atoms with E-state index in [0.717, 1.165) is 46.6 Å². The maximum absolute atomic E-state index is 2.50. The van der Waals surface area contributed by atoms with Gasteiger partial charge >= 0.3 is 0 Å². The summed E-state index contributed by atoms with van der Waals surface area (Å²) in [5.74, 6) is 0. The fourth-order valence-electron chi connectivity index (χ4n) is 15.4. The highest BCUT2D eigenvalue weighted by molar-refractivity contribution is 6.15. The molecule has 4 heterocycles. The Kier molecular flexibility index (Phi) is 12.4. The Bertz CT molecular complexity index is 6150. The number of nitrogens with zero attached hydrogens (tertiary/aromatic N) is 4. The molecule has 4 heteroatoms. The molecule has 0 bridgehead atoms. The minimum Gasteiger partial charge on any atom is -0.309 e. The van der Waals surface area contributed by atoms with Crippen LogP contribution in [0, 0.1) is 0 Å². The predicted octanol–water partition coefficient (Wildman–Crippen LogP) is 24.1. The zero-order valence-electron chi connectivity index (χ0n) is 51.5. The average Bonchev–Trinajstić information content (AvgIpc) is 1.61. The van der Waals surface area contributed by atoms with Crippen molar-refractivity contribution in [2.24, 2.45) is 0 Å². The first-order valence-corrected chi connectivity index (χ1v) is 32.7. The molecule has 0 amide bonds. The van der Waals surface area contributed by atoms with Gasteiger partial charge in [0.25, 0.3) is 0 Å². The Morgan fingerprint density at radius 3 is 0.926 bits per heavy atom. The largest absolute Gasteiger partial charge is 0.309 e. The molecule has 1 aliphatic carbocycles. The minimum atomic E-state index is 0.982. The molecule has 19 rings (SSSR count). The molecule has 0 atom stereocenters. The molecule has 0 saturated carbocycles. The second-order valence-corrected chi connectivity index (χ2v) is 25.1. The van der Waals surface area contributed by atoms with E-state index in [4.69, 9.17) is 0 Å². The normalized spacial score (nSPS) is 12.6. The van der Waals surface area contributed by atoms with E-state index in [1.54, 1.807) is 0 Å². The lowest BCUT2D eigenvalue weighted by Gasteiger charge is -2.16. The Hall–Kier alpha value is -12.2. The number of allylic oxidation sites excluding steroid dienone is 4. The Balaban J connectivity index is 0.772. The van der Waals surface area contributed by atoms with Crippen molar-refractivity contribution in [1.29, 1.82) is 0 Å². The zero-order valence-corrected chi connectivity index (χ0v) is 51.5. The number of rotatable bonds is 10. The standard InChI is InChI=1S/C90H60N4/c1-5-21-59(22-6-1)62-27-19-31-72(50-62)92-84-37-17-14-34-76(84)79-55-66(40-45-87(79)92)67-42-47-89-81(57-67)82-58-68(43-48-90(82)93(89)73-32-20-28-63(51-73)60-23-7-2-8-24-60)70-49-69(61-25-9-3-10-26-61)52-74(53-70)94-85-38-18-15-35-77(85)80-56-65(41-46-88(80)94)64-39-44-86-78(54-64)75-33-13-16-36-83(75)91(86)71-29-11-4-12-30-71/h1-9,11-25,27-58H,10,26H2. The molecular formula is C90H60N4. The lowest BCUT2D eigenvalue weighted by atomic mass is 9.93. The van der Waals surface area contributed by atoms with E-state index < -0.39 is 0 Å². The highest BCUT2D eigenvalue weighted by atomic mass is 15.0. The molecule has 0 unspecified atom stereocenters. The van der Waals surface area contributed by atoms with Crippen LogP contribution in [0.1, 0.15) is 18.4 Å². The highest BCUT2D eigenvalue weighted by Gasteiger charge is 2.22. The molecule has 94 heavy (non-hydrogen) atoms. The van der Waals surface area contributed by atoms with Crippen molar-refractivity contribution in [3.8, 4) is 78.4 Å². The van der Waals surface area contributed by atoms with Crippen LogP contribution < -0.4 is 0 Å². The van der Waals surface area contributed by atoms with Crippen LogP contribution in [0.4, 0.5) is 0 Å². The maximum Gasteiger partial charge on any atom is 0.0541 e. The van der Waals surface area contributed by atoms with Gasteiger partial charge in [0.1, 0.15) is 0 Å². The summed E-state index contributed by atoms with van der Waals surface area (Å²) < 4.78 is 9.79. The van der Waals surface area contributed by atoms with Crippen LogP contribution >= 0.6 is 0 Å². The van der Waals surface area contributed by atoms with E-state index >= 15 is 0 Å². The number of aromatic nitrogens is 4. The predicted molar refractivity (Wildman–Crippen MR) is 397 cm³/mol. The van der Waals surface area contributed by atoms with Crippen molar-refractivity contribution < 1.29 is 0 Å². The van der Waals surface area contributed by atoms with Crippen molar-refractivity contribution in [2.75, 3.05) is 0 Å². The first-order chi connectivity index (χ1) is 46.6. The summed E-state index contributed by atoms with van der Waals surface area (Å²) in [5.41, 5.74) is 28.5. The van der Waals surface area contributed by atoms with Gasteiger partial charge in [-0.25, -0.2) is 0 Å². The summed E-state index contributed by atoms with van der Waals surface area (Å²) >= 11 is 0. The molecule has 18 aromatic rings. The summed E-state index contributed by atoms with van der Waals surface area (Å²) in [6.07, 6.45) is 8.83. The molecule has 1 aliphatic rings. The van der Waals surface area contributed by atoms with Crippen LogP contribution in [-0.2, 0) is 0 Å². The number of hydrogen-bond donors (Lipinski definition) is 0. The second kappa shape index (κ2) is 21.7. The van der Waals surface area contributed by atoms with Crippen LogP contribution in [-0.4, -0.2) is 18.3 Å². The molecule has 0 aliphatic heterocycles. The Labute approximate surface area is 544 Å². The summed E-state index contributed by atoms with van der Waals surface area (Å²) in [6.45, 7) is 0. The van der Waals surface area contributed by atoms with Crippen molar-refractivity contribution in [3.05, 3.63) is 345 Å². The Morgan fingerprint density at radius 1 is 0.191 bits per heavy atom. The number of hydrogen-bond acceptors (Lipinski definition) is 0. The summed E-state index contributed by atoms with van der Waals surface area (Å²) in [6, 6.07) is 119. The van der Waals surface area contributed by atoms with Crippen LogP contribution in [0.2, 0.25) is 0 Å². The summed E-state index contributed by atoms with van der Waals surface area (Å²) in [5, 5.41) is 9.82. The number of benzene rings is 14. The molecule has 0 fully saturated rings. The van der Waals surface area contributed by atoms with Gasteiger partial charge in [-0.3, -0.25) is 0 Å². The van der Waals surface area contributed by atoms with E-state index in [9.17, 15) is 0 Å². The van der Waals surface area contributed by atoms with Gasteiger partial charge < -0.3 is 18.3 Å². The van der Waals surface area contributed by atoms with E-state index in [1.165, 1.54) is 143 Å². The molecule has 0 radical (unpaired) electrons. The van der Waals surface area contributed by atoms with Gasteiger partial charge in [0.15, 0.2) is 0 Å². The van der Waals surface area contributed by atoms with Crippen LogP contribution in [0.3, 0.4) is 0 Å². The van der Waals surface area contributed by atoms with Crippen LogP contribution in [0.25, 0.3) is 171 Å². The third-order valence-corrected chi connectivity index (χ3v) is 19.8. The van der Waals surface area contributed by atoms with E-state index in [2.05, 4.69) is 358 Å². The SMILES string of the molecule is C1=CCCC(c2cc(-c3ccc4c(c3)c3cc(-c5ccc6c(c5)c5ccccc5n6-c5cccc(-c6ccccc6)c5)ccc3n4-c3cccc(-c4ccccc4)c3)cc(-n3c4ccccc4c4cc(-c5ccc6c(c5)c5ccccc5n6-c5ccccc5)ccc43)c2)=C1. The van der Waals surface area contributed by atoms with E-state index in [1.807, 2.05) is 0 Å². The van der Waals surface area contributed by atoms with Crippen molar-refractivity contribution in [1.82, 2.24) is 18.3 Å².